The van der Waals surface area contributed by atoms with E-state index in [2.05, 4.69) is 23.6 Å². The fraction of sp³-hybridized carbons (Fsp3) is 0.571. The Morgan fingerprint density at radius 1 is 1.30 bits per heavy atom. The Labute approximate surface area is 162 Å². The molecule has 0 bridgehead atoms. The van der Waals surface area contributed by atoms with Crippen molar-refractivity contribution in [1.29, 1.82) is 0 Å². The van der Waals surface area contributed by atoms with Crippen molar-refractivity contribution in [2.45, 2.75) is 59.8 Å². The summed E-state index contributed by atoms with van der Waals surface area (Å²) in [5.41, 5.74) is 2.54. The maximum atomic E-state index is 11.0. The van der Waals surface area contributed by atoms with Gasteiger partial charge in [0, 0.05) is 19.4 Å². The number of fused-ring (bicyclic) bond motifs is 1. The summed E-state index contributed by atoms with van der Waals surface area (Å²) in [6.45, 7) is 9.50. The second kappa shape index (κ2) is 12.1. The average molecular weight is 376 g/mol. The quantitative estimate of drug-likeness (QED) is 0.736. The van der Waals surface area contributed by atoms with Crippen LogP contribution in [0.3, 0.4) is 0 Å². The van der Waals surface area contributed by atoms with E-state index in [4.69, 9.17) is 4.74 Å². The van der Waals surface area contributed by atoms with Crippen molar-refractivity contribution in [1.82, 2.24) is 10.6 Å². The van der Waals surface area contributed by atoms with Gasteiger partial charge in [-0.05, 0) is 43.8 Å². The number of ketones is 1. The average Bonchev–Trinajstić information content (AvgIpc) is 2.67. The number of imide groups is 1. The number of morpholine rings is 1. The normalized spacial score (nSPS) is 18.9. The summed E-state index contributed by atoms with van der Waals surface area (Å²) >= 11 is 0. The van der Waals surface area contributed by atoms with Crippen LogP contribution in [-0.4, -0.2) is 30.7 Å². The fourth-order valence-corrected chi connectivity index (χ4v) is 2.98. The van der Waals surface area contributed by atoms with Crippen LogP contribution in [-0.2, 0) is 19.1 Å². The number of rotatable bonds is 4. The Kier molecular flexibility index (Phi) is 10.2. The summed E-state index contributed by atoms with van der Waals surface area (Å²) in [7, 11) is 0. The van der Waals surface area contributed by atoms with E-state index >= 15 is 0 Å². The third-order valence-corrected chi connectivity index (χ3v) is 4.32. The molecule has 2 aliphatic heterocycles. The third-order valence-electron chi connectivity index (χ3n) is 4.32. The predicted molar refractivity (Wildman–Crippen MR) is 106 cm³/mol. The van der Waals surface area contributed by atoms with Crippen LogP contribution in [0.1, 0.15) is 59.8 Å². The number of carbonyl (C=O) groups is 3. The van der Waals surface area contributed by atoms with Gasteiger partial charge in [0.05, 0.1) is 5.70 Å². The molecule has 0 saturated carbocycles. The molecule has 1 unspecified atom stereocenters. The monoisotopic (exact) mass is 376 g/mol. The first kappa shape index (κ1) is 22.7. The fourth-order valence-electron chi connectivity index (χ4n) is 2.98. The van der Waals surface area contributed by atoms with Gasteiger partial charge in [-0.25, -0.2) is 0 Å². The number of carbonyl (C=O) groups excluding carboxylic acids is 3. The van der Waals surface area contributed by atoms with Crippen molar-refractivity contribution in [3.05, 3.63) is 35.3 Å². The van der Waals surface area contributed by atoms with Gasteiger partial charge >= 0.3 is 0 Å². The zero-order chi connectivity index (χ0) is 20.2. The lowest BCUT2D eigenvalue weighted by atomic mass is 9.87. The standard InChI is InChI=1S/C14H21NO2.C5H5NO2.C2H6/c1-10(6-7-11(2)16)12-4-3-5-13-14(12)17-9-8-15-13;7-4-2-1-3-5(8)6-4;1-2/h5,10,15H,3-4,6-9H2,1-2H3;1-2H,3H2,(H,6,7,8);1-2H3. The molecule has 1 fully saturated rings. The smallest absolute Gasteiger partial charge is 0.250 e. The van der Waals surface area contributed by atoms with Crippen molar-refractivity contribution in [3.63, 3.8) is 0 Å². The van der Waals surface area contributed by atoms with Gasteiger partial charge in [-0.15, -0.1) is 0 Å². The number of ether oxygens (including phenoxy) is 1. The van der Waals surface area contributed by atoms with Crippen LogP contribution in [0.4, 0.5) is 0 Å². The Balaban J connectivity index is 0.000000305. The zero-order valence-electron chi connectivity index (χ0n) is 16.9. The molecular formula is C21H32N2O4. The SMILES string of the molecule is CC.CC(=O)CCC(C)C1=C2OCCNC2=CCC1.O=C1C=CCC(=O)N1. The number of hydrogen-bond acceptors (Lipinski definition) is 5. The first-order chi connectivity index (χ1) is 13.0. The minimum atomic E-state index is -0.318. The summed E-state index contributed by atoms with van der Waals surface area (Å²) < 4.78 is 5.79. The van der Waals surface area contributed by atoms with Gasteiger partial charge in [0.1, 0.15) is 18.1 Å². The molecule has 27 heavy (non-hydrogen) atoms. The highest BCUT2D eigenvalue weighted by atomic mass is 16.5. The second-order valence-corrected chi connectivity index (χ2v) is 6.45. The molecule has 6 nitrogen and oxygen atoms in total. The third kappa shape index (κ3) is 7.81. The lowest BCUT2D eigenvalue weighted by Crippen LogP contribution is -2.30. The lowest BCUT2D eigenvalue weighted by molar-refractivity contribution is -0.128. The van der Waals surface area contributed by atoms with Crippen LogP contribution >= 0.6 is 0 Å². The predicted octanol–water partition coefficient (Wildman–Crippen LogP) is 3.16. The largest absolute Gasteiger partial charge is 0.490 e. The van der Waals surface area contributed by atoms with E-state index in [-0.39, 0.29) is 17.6 Å². The van der Waals surface area contributed by atoms with Crippen molar-refractivity contribution in [2.24, 2.45) is 5.92 Å². The number of Topliss-reactive ketones (excluding diaryl/α,β-unsaturated/α-hetero) is 1. The van der Waals surface area contributed by atoms with Gasteiger partial charge in [0.15, 0.2) is 0 Å². The molecule has 3 aliphatic rings. The molecule has 0 radical (unpaired) electrons. The molecular weight excluding hydrogens is 344 g/mol. The molecule has 0 spiro atoms. The van der Waals surface area contributed by atoms with Gasteiger partial charge in [0.2, 0.25) is 11.8 Å². The van der Waals surface area contributed by atoms with E-state index in [9.17, 15) is 14.4 Å². The van der Waals surface area contributed by atoms with E-state index in [1.54, 1.807) is 13.0 Å². The van der Waals surface area contributed by atoms with Crippen LogP contribution < -0.4 is 10.6 Å². The van der Waals surface area contributed by atoms with Gasteiger partial charge in [0.25, 0.3) is 0 Å². The molecule has 1 aliphatic carbocycles. The van der Waals surface area contributed by atoms with Crippen molar-refractivity contribution in [2.75, 3.05) is 13.2 Å². The highest BCUT2D eigenvalue weighted by molar-refractivity contribution is 6.03. The van der Waals surface area contributed by atoms with Gasteiger partial charge in [-0.1, -0.05) is 32.9 Å². The summed E-state index contributed by atoms with van der Waals surface area (Å²) in [5, 5.41) is 5.50. The Morgan fingerprint density at radius 3 is 2.63 bits per heavy atom. The van der Waals surface area contributed by atoms with Gasteiger partial charge in [-0.2, -0.15) is 0 Å². The molecule has 2 amide bonds. The molecule has 1 atom stereocenters. The minimum Gasteiger partial charge on any atom is -0.490 e. The first-order valence-corrected chi connectivity index (χ1v) is 9.77. The van der Waals surface area contributed by atoms with E-state index in [0.717, 1.165) is 43.9 Å². The number of amides is 2. The van der Waals surface area contributed by atoms with Crippen LogP contribution in [0.15, 0.2) is 35.3 Å². The second-order valence-electron chi connectivity index (χ2n) is 6.45. The van der Waals surface area contributed by atoms with Crippen LogP contribution in [0, 0.1) is 5.92 Å². The molecule has 2 heterocycles. The first-order valence-electron chi connectivity index (χ1n) is 9.77. The summed E-state index contributed by atoms with van der Waals surface area (Å²) in [4.78, 5) is 31.6. The molecule has 3 rings (SSSR count). The number of hydrogen-bond donors (Lipinski definition) is 2. The maximum absolute atomic E-state index is 11.0. The Morgan fingerprint density at radius 2 is 2.04 bits per heavy atom. The molecule has 150 valence electrons. The van der Waals surface area contributed by atoms with Crippen LogP contribution in [0.5, 0.6) is 0 Å². The van der Waals surface area contributed by atoms with E-state index in [0.29, 0.717) is 18.8 Å². The molecule has 0 aromatic heterocycles. The van der Waals surface area contributed by atoms with Crippen LogP contribution in [0.25, 0.3) is 0 Å². The lowest BCUT2D eigenvalue weighted by Gasteiger charge is -2.30. The van der Waals surface area contributed by atoms with Gasteiger partial charge < -0.3 is 14.8 Å². The van der Waals surface area contributed by atoms with E-state index in [1.165, 1.54) is 11.6 Å². The van der Waals surface area contributed by atoms with Crippen molar-refractivity contribution < 1.29 is 19.1 Å². The minimum absolute atomic E-state index is 0.225. The molecule has 6 heteroatoms. The Hall–Kier alpha value is -2.37. The van der Waals surface area contributed by atoms with E-state index < -0.39 is 0 Å². The van der Waals surface area contributed by atoms with Crippen molar-refractivity contribution >= 4 is 17.6 Å². The summed E-state index contributed by atoms with van der Waals surface area (Å²) in [6, 6.07) is 0. The van der Waals surface area contributed by atoms with Crippen LogP contribution in [0.2, 0.25) is 0 Å². The zero-order valence-corrected chi connectivity index (χ0v) is 16.9. The Bertz CT molecular complexity index is 632. The van der Waals surface area contributed by atoms with Crippen molar-refractivity contribution in [3.8, 4) is 0 Å². The highest BCUT2D eigenvalue weighted by Gasteiger charge is 2.24. The summed E-state index contributed by atoms with van der Waals surface area (Å²) in [5.74, 6) is 1.23. The molecule has 0 aromatic carbocycles. The van der Waals surface area contributed by atoms with Gasteiger partial charge in [-0.3, -0.25) is 14.9 Å². The molecule has 0 aromatic rings. The number of nitrogens with one attached hydrogen (secondary N) is 2. The topological polar surface area (TPSA) is 84.5 Å². The molecule has 2 N–H and O–H groups in total. The van der Waals surface area contributed by atoms with E-state index in [1.807, 2.05) is 13.8 Å². The number of allylic oxidation sites excluding steroid dienone is 2. The maximum Gasteiger partial charge on any atom is 0.250 e. The highest BCUT2D eigenvalue weighted by Crippen LogP contribution is 2.33. The molecule has 1 saturated heterocycles. The summed E-state index contributed by atoms with van der Waals surface area (Å²) in [6.07, 6.45) is 9.19.